The molecule has 6 nitrogen and oxygen atoms in total. The number of nitrogens with zero attached hydrogens (tertiary/aromatic N) is 1. The van der Waals surface area contributed by atoms with Crippen LogP contribution in [0.1, 0.15) is 51.1 Å². The predicted molar refractivity (Wildman–Crippen MR) is 74.4 cm³/mol. The van der Waals surface area contributed by atoms with E-state index in [9.17, 15) is 14.7 Å². The highest BCUT2D eigenvalue weighted by molar-refractivity contribution is 5.93. The van der Waals surface area contributed by atoms with Crippen molar-refractivity contribution in [3.05, 3.63) is 11.8 Å². The summed E-state index contributed by atoms with van der Waals surface area (Å²) in [5.74, 6) is -0.667. The number of aromatic nitrogens is 2. The van der Waals surface area contributed by atoms with Gasteiger partial charge in [0, 0.05) is 18.2 Å². The Morgan fingerprint density at radius 3 is 2.75 bits per heavy atom. The van der Waals surface area contributed by atoms with Crippen molar-refractivity contribution >= 4 is 17.7 Å². The van der Waals surface area contributed by atoms with Gasteiger partial charge in [-0.25, -0.2) is 0 Å². The minimum atomic E-state index is -0.882. The van der Waals surface area contributed by atoms with Crippen LogP contribution in [0.2, 0.25) is 0 Å². The molecule has 0 bridgehead atoms. The summed E-state index contributed by atoms with van der Waals surface area (Å²) in [6, 6.07) is 1.80. The normalized spacial score (nSPS) is 17.1. The van der Waals surface area contributed by atoms with Crippen molar-refractivity contribution in [2.45, 2.75) is 51.9 Å². The summed E-state index contributed by atoms with van der Waals surface area (Å²) in [7, 11) is 0. The molecule has 1 saturated carbocycles. The highest BCUT2D eigenvalue weighted by Crippen LogP contribution is 2.41. The van der Waals surface area contributed by atoms with Gasteiger partial charge in [-0.05, 0) is 19.3 Å². The molecule has 0 unspecified atom stereocenters. The Hall–Kier alpha value is -1.85. The molecule has 1 amide bonds. The lowest BCUT2D eigenvalue weighted by atomic mass is 9.82. The van der Waals surface area contributed by atoms with Crippen molar-refractivity contribution in [3.63, 3.8) is 0 Å². The molecule has 2 rings (SSSR count). The van der Waals surface area contributed by atoms with Gasteiger partial charge in [-0.3, -0.25) is 14.7 Å². The number of aliphatic carboxylic acids is 1. The van der Waals surface area contributed by atoms with Crippen LogP contribution in [0.3, 0.4) is 0 Å². The van der Waals surface area contributed by atoms with Gasteiger partial charge < -0.3 is 10.4 Å². The molecule has 1 fully saturated rings. The SMILES string of the molecule is CCCc1cc(NC(=O)CC2(C(=O)O)CCCC2)n[nH]1. The highest BCUT2D eigenvalue weighted by atomic mass is 16.4. The first-order valence-electron chi connectivity index (χ1n) is 7.13. The van der Waals surface area contributed by atoms with Crippen LogP contribution in [0.5, 0.6) is 0 Å². The molecule has 20 heavy (non-hydrogen) atoms. The van der Waals surface area contributed by atoms with E-state index in [-0.39, 0.29) is 12.3 Å². The van der Waals surface area contributed by atoms with E-state index in [2.05, 4.69) is 22.4 Å². The fourth-order valence-corrected chi connectivity index (χ4v) is 2.84. The molecule has 1 aliphatic rings. The number of aromatic amines is 1. The maximum absolute atomic E-state index is 12.0. The number of H-pyrrole nitrogens is 1. The van der Waals surface area contributed by atoms with Crippen LogP contribution in [0.25, 0.3) is 0 Å². The lowest BCUT2D eigenvalue weighted by Crippen LogP contribution is -2.32. The molecule has 0 radical (unpaired) electrons. The number of carboxylic acids is 1. The number of carbonyl (C=O) groups is 2. The molecular weight excluding hydrogens is 258 g/mol. The number of amides is 1. The summed E-state index contributed by atoms with van der Waals surface area (Å²) >= 11 is 0. The quantitative estimate of drug-likeness (QED) is 0.744. The second-order valence-corrected chi connectivity index (χ2v) is 5.55. The summed E-state index contributed by atoms with van der Waals surface area (Å²) in [4.78, 5) is 23.4. The van der Waals surface area contributed by atoms with E-state index in [1.54, 1.807) is 6.07 Å². The predicted octanol–water partition coefficient (Wildman–Crippen LogP) is 2.34. The number of hydrogen-bond acceptors (Lipinski definition) is 3. The minimum Gasteiger partial charge on any atom is -0.481 e. The van der Waals surface area contributed by atoms with E-state index < -0.39 is 11.4 Å². The van der Waals surface area contributed by atoms with Crippen LogP contribution >= 0.6 is 0 Å². The largest absolute Gasteiger partial charge is 0.481 e. The maximum atomic E-state index is 12.0. The van der Waals surface area contributed by atoms with Crippen molar-refractivity contribution in [3.8, 4) is 0 Å². The lowest BCUT2D eigenvalue weighted by molar-refractivity contribution is -0.150. The van der Waals surface area contributed by atoms with Gasteiger partial charge in [-0.1, -0.05) is 26.2 Å². The summed E-state index contributed by atoms with van der Waals surface area (Å²) in [5.41, 5.74) is 0.0868. The molecular formula is C14H21N3O3. The third-order valence-electron chi connectivity index (χ3n) is 3.93. The van der Waals surface area contributed by atoms with Gasteiger partial charge in [0.15, 0.2) is 5.82 Å². The van der Waals surface area contributed by atoms with Crippen LogP contribution in [0.15, 0.2) is 6.07 Å². The average molecular weight is 279 g/mol. The number of nitrogens with one attached hydrogen (secondary N) is 2. The van der Waals surface area contributed by atoms with Crippen LogP contribution in [-0.4, -0.2) is 27.2 Å². The number of rotatable bonds is 6. The van der Waals surface area contributed by atoms with Crippen LogP contribution in [-0.2, 0) is 16.0 Å². The molecule has 1 aromatic rings. The molecule has 1 heterocycles. The van der Waals surface area contributed by atoms with Crippen molar-refractivity contribution < 1.29 is 14.7 Å². The molecule has 1 aliphatic carbocycles. The molecule has 3 N–H and O–H groups in total. The standard InChI is InChI=1S/C14H21N3O3/c1-2-5-10-8-11(17-16-10)15-12(18)9-14(13(19)20)6-3-4-7-14/h8H,2-7,9H2,1H3,(H,19,20)(H2,15,16,17,18). The van der Waals surface area contributed by atoms with E-state index in [1.807, 2.05) is 0 Å². The summed E-state index contributed by atoms with van der Waals surface area (Å²) in [6.45, 7) is 2.07. The second-order valence-electron chi connectivity index (χ2n) is 5.55. The zero-order valence-electron chi connectivity index (χ0n) is 11.7. The van der Waals surface area contributed by atoms with Gasteiger partial charge in [-0.2, -0.15) is 5.10 Å². The highest BCUT2D eigenvalue weighted by Gasteiger charge is 2.43. The number of hydrogen-bond donors (Lipinski definition) is 3. The van der Waals surface area contributed by atoms with Gasteiger partial charge in [-0.15, -0.1) is 0 Å². The Balaban J connectivity index is 1.95. The van der Waals surface area contributed by atoms with Gasteiger partial charge in [0.2, 0.25) is 5.91 Å². The first kappa shape index (κ1) is 14.6. The summed E-state index contributed by atoms with van der Waals surface area (Å²) in [6.07, 6.45) is 4.82. The topological polar surface area (TPSA) is 95.1 Å². The number of carboxylic acid groups (broad SMARTS) is 1. The Morgan fingerprint density at radius 1 is 1.45 bits per heavy atom. The molecule has 1 aromatic heterocycles. The van der Waals surface area contributed by atoms with Gasteiger partial charge in [0.05, 0.1) is 5.41 Å². The first-order chi connectivity index (χ1) is 9.55. The Bertz CT molecular complexity index is 490. The number of aryl methyl sites for hydroxylation is 1. The molecule has 0 aromatic carbocycles. The van der Waals surface area contributed by atoms with E-state index in [0.717, 1.165) is 31.4 Å². The first-order valence-corrected chi connectivity index (χ1v) is 7.13. The fourth-order valence-electron chi connectivity index (χ4n) is 2.84. The average Bonchev–Trinajstić information content (AvgIpc) is 3.00. The van der Waals surface area contributed by atoms with Crippen LogP contribution in [0.4, 0.5) is 5.82 Å². The van der Waals surface area contributed by atoms with Gasteiger partial charge >= 0.3 is 5.97 Å². The summed E-state index contributed by atoms with van der Waals surface area (Å²) < 4.78 is 0. The van der Waals surface area contributed by atoms with Crippen molar-refractivity contribution in [2.24, 2.45) is 5.41 Å². The van der Waals surface area contributed by atoms with E-state index in [0.29, 0.717) is 18.7 Å². The van der Waals surface area contributed by atoms with Crippen LogP contribution in [0, 0.1) is 5.41 Å². The van der Waals surface area contributed by atoms with E-state index in [1.165, 1.54) is 0 Å². The lowest BCUT2D eigenvalue weighted by Gasteiger charge is -2.22. The fraction of sp³-hybridized carbons (Fsp3) is 0.643. The summed E-state index contributed by atoms with van der Waals surface area (Å²) in [5, 5.41) is 18.9. The van der Waals surface area contributed by atoms with E-state index in [4.69, 9.17) is 0 Å². The third-order valence-corrected chi connectivity index (χ3v) is 3.93. The Kier molecular flexibility index (Phi) is 4.42. The second kappa shape index (κ2) is 6.07. The Morgan fingerprint density at radius 2 is 2.15 bits per heavy atom. The molecule has 6 heteroatoms. The van der Waals surface area contributed by atoms with Gasteiger partial charge in [0.1, 0.15) is 0 Å². The smallest absolute Gasteiger partial charge is 0.310 e. The molecule has 0 atom stereocenters. The zero-order valence-corrected chi connectivity index (χ0v) is 11.7. The van der Waals surface area contributed by atoms with Crippen molar-refractivity contribution in [2.75, 3.05) is 5.32 Å². The molecule has 0 saturated heterocycles. The van der Waals surface area contributed by atoms with Gasteiger partial charge in [0.25, 0.3) is 0 Å². The zero-order chi connectivity index (χ0) is 14.6. The molecule has 0 spiro atoms. The molecule has 110 valence electrons. The van der Waals surface area contributed by atoms with E-state index >= 15 is 0 Å². The molecule has 0 aliphatic heterocycles. The van der Waals surface area contributed by atoms with Crippen LogP contribution < -0.4 is 5.32 Å². The third kappa shape index (κ3) is 3.18. The van der Waals surface area contributed by atoms with Crippen molar-refractivity contribution in [1.82, 2.24) is 10.2 Å². The Labute approximate surface area is 118 Å². The van der Waals surface area contributed by atoms with Crippen molar-refractivity contribution in [1.29, 1.82) is 0 Å². The number of carbonyl (C=O) groups excluding carboxylic acids is 1. The minimum absolute atomic E-state index is 0.0261. The number of anilines is 1. The monoisotopic (exact) mass is 279 g/mol. The maximum Gasteiger partial charge on any atom is 0.310 e.